The van der Waals surface area contributed by atoms with Gasteiger partial charge in [0, 0.05) is 31.0 Å². The maximum atomic E-state index is 11.6. The number of thioether (sulfide) groups is 1. The van der Waals surface area contributed by atoms with Crippen LogP contribution in [0.25, 0.3) is 0 Å². The van der Waals surface area contributed by atoms with Gasteiger partial charge in [0.2, 0.25) is 11.8 Å². The third-order valence-corrected chi connectivity index (χ3v) is 3.23. The highest BCUT2D eigenvalue weighted by atomic mass is 32.2. The van der Waals surface area contributed by atoms with Gasteiger partial charge in [-0.25, -0.2) is 0 Å². The smallest absolute Gasteiger partial charge is 0.236 e. The molecule has 0 unspecified atom stereocenters. The zero-order valence-corrected chi connectivity index (χ0v) is 12.3. The lowest BCUT2D eigenvalue weighted by Gasteiger charge is -2.11. The van der Waals surface area contributed by atoms with Crippen molar-refractivity contribution < 1.29 is 9.59 Å². The highest BCUT2D eigenvalue weighted by Crippen LogP contribution is 2.03. The van der Waals surface area contributed by atoms with E-state index in [1.165, 1.54) is 0 Å². The number of aromatic nitrogens is 1. The van der Waals surface area contributed by atoms with Crippen molar-refractivity contribution >= 4 is 29.3 Å². The van der Waals surface area contributed by atoms with Crippen molar-refractivity contribution in [3.05, 3.63) is 24.5 Å². The molecule has 1 rings (SSSR count). The van der Waals surface area contributed by atoms with Crippen molar-refractivity contribution in [2.75, 3.05) is 23.9 Å². The minimum atomic E-state index is -0.509. The van der Waals surface area contributed by atoms with Gasteiger partial charge in [-0.3, -0.25) is 14.6 Å². The van der Waals surface area contributed by atoms with Crippen LogP contribution < -0.4 is 16.4 Å². The topological polar surface area (TPSA) is 97.1 Å². The standard InChI is InChI=1S/C13H20N4O2S/c1-20-9-5-11(14)13(19)16-8-4-12(18)17-10-2-6-15-7-3-10/h2-3,6-7,11H,4-5,8-9,14H2,1H3,(H,16,19)(H,15,17,18)/t11-/m0/s1. The molecule has 20 heavy (non-hydrogen) atoms. The van der Waals surface area contributed by atoms with Crippen LogP contribution in [0.4, 0.5) is 5.69 Å². The lowest BCUT2D eigenvalue weighted by Crippen LogP contribution is -2.41. The second-order valence-corrected chi connectivity index (χ2v) is 5.20. The van der Waals surface area contributed by atoms with Crippen molar-refractivity contribution in [2.45, 2.75) is 18.9 Å². The quantitative estimate of drug-likeness (QED) is 0.653. The van der Waals surface area contributed by atoms with Crippen LogP contribution in [0.2, 0.25) is 0 Å². The van der Waals surface area contributed by atoms with Crippen LogP contribution in [-0.2, 0) is 9.59 Å². The number of pyridine rings is 1. The van der Waals surface area contributed by atoms with Crippen LogP contribution in [0, 0.1) is 0 Å². The molecule has 0 bridgehead atoms. The maximum Gasteiger partial charge on any atom is 0.236 e. The number of amides is 2. The molecule has 0 aliphatic carbocycles. The SMILES string of the molecule is CSCC[C@H](N)C(=O)NCCC(=O)Nc1ccncc1. The van der Waals surface area contributed by atoms with Gasteiger partial charge < -0.3 is 16.4 Å². The van der Waals surface area contributed by atoms with E-state index >= 15 is 0 Å². The fourth-order valence-electron chi connectivity index (χ4n) is 1.46. The van der Waals surface area contributed by atoms with E-state index in [9.17, 15) is 9.59 Å². The average molecular weight is 296 g/mol. The molecule has 1 atom stereocenters. The van der Waals surface area contributed by atoms with Crippen molar-refractivity contribution in [1.29, 1.82) is 0 Å². The molecule has 0 aliphatic heterocycles. The molecule has 0 fully saturated rings. The number of nitrogens with two attached hydrogens (primary N) is 1. The Hall–Kier alpha value is -1.60. The van der Waals surface area contributed by atoms with Gasteiger partial charge in [-0.05, 0) is 30.6 Å². The highest BCUT2D eigenvalue weighted by Gasteiger charge is 2.12. The number of rotatable bonds is 8. The molecular weight excluding hydrogens is 276 g/mol. The number of carbonyl (C=O) groups excluding carboxylic acids is 2. The summed E-state index contributed by atoms with van der Waals surface area (Å²) in [6.07, 6.45) is 6.01. The van der Waals surface area contributed by atoms with Crippen LogP contribution in [0.5, 0.6) is 0 Å². The Bertz CT molecular complexity index is 428. The van der Waals surface area contributed by atoms with Crippen LogP contribution in [0.15, 0.2) is 24.5 Å². The summed E-state index contributed by atoms with van der Waals surface area (Å²) in [5, 5.41) is 5.38. The van der Waals surface area contributed by atoms with Crippen molar-refractivity contribution in [3.8, 4) is 0 Å². The second-order valence-electron chi connectivity index (χ2n) is 4.21. The fraction of sp³-hybridized carbons (Fsp3) is 0.462. The molecule has 0 aromatic carbocycles. The Morgan fingerprint density at radius 1 is 1.40 bits per heavy atom. The average Bonchev–Trinajstić information content (AvgIpc) is 2.45. The van der Waals surface area contributed by atoms with E-state index in [1.54, 1.807) is 36.3 Å². The molecule has 0 saturated heterocycles. The molecule has 1 heterocycles. The van der Waals surface area contributed by atoms with Crippen LogP contribution in [0.3, 0.4) is 0 Å². The number of nitrogens with zero attached hydrogens (tertiary/aromatic N) is 1. The van der Waals surface area contributed by atoms with Gasteiger partial charge in [-0.2, -0.15) is 11.8 Å². The molecule has 7 heteroatoms. The largest absolute Gasteiger partial charge is 0.354 e. The predicted molar refractivity (Wildman–Crippen MR) is 81.5 cm³/mol. The highest BCUT2D eigenvalue weighted by molar-refractivity contribution is 7.98. The van der Waals surface area contributed by atoms with Crippen LogP contribution >= 0.6 is 11.8 Å². The summed E-state index contributed by atoms with van der Waals surface area (Å²) in [5.41, 5.74) is 6.40. The molecule has 0 aliphatic rings. The molecule has 0 saturated carbocycles. The van der Waals surface area contributed by atoms with E-state index in [1.807, 2.05) is 6.26 Å². The summed E-state index contributed by atoms with van der Waals surface area (Å²) in [6, 6.07) is 2.90. The molecular formula is C13H20N4O2S. The Morgan fingerprint density at radius 3 is 2.75 bits per heavy atom. The Balaban J connectivity index is 2.20. The van der Waals surface area contributed by atoms with Gasteiger partial charge in [0.1, 0.15) is 0 Å². The maximum absolute atomic E-state index is 11.6. The monoisotopic (exact) mass is 296 g/mol. The summed E-state index contributed by atoms with van der Waals surface area (Å²) in [4.78, 5) is 27.1. The van der Waals surface area contributed by atoms with Gasteiger partial charge in [-0.15, -0.1) is 0 Å². The molecule has 0 spiro atoms. The third kappa shape index (κ3) is 6.53. The minimum Gasteiger partial charge on any atom is -0.354 e. The molecule has 2 amide bonds. The predicted octanol–water partition coefficient (Wildman–Crippen LogP) is 0.607. The summed E-state index contributed by atoms with van der Waals surface area (Å²) < 4.78 is 0. The Kier molecular flexibility index (Phi) is 7.67. The molecule has 0 radical (unpaired) electrons. The van der Waals surface area contributed by atoms with Crippen molar-refractivity contribution in [1.82, 2.24) is 10.3 Å². The van der Waals surface area contributed by atoms with E-state index in [0.29, 0.717) is 12.1 Å². The summed E-state index contributed by atoms with van der Waals surface area (Å²) in [5.74, 6) is 0.474. The number of nitrogens with one attached hydrogen (secondary N) is 2. The van der Waals surface area contributed by atoms with Crippen molar-refractivity contribution in [2.24, 2.45) is 5.73 Å². The third-order valence-electron chi connectivity index (χ3n) is 2.59. The first kappa shape index (κ1) is 16.5. The van der Waals surface area contributed by atoms with E-state index < -0.39 is 6.04 Å². The number of anilines is 1. The van der Waals surface area contributed by atoms with E-state index in [2.05, 4.69) is 15.6 Å². The second kappa shape index (κ2) is 9.33. The molecule has 110 valence electrons. The Morgan fingerprint density at radius 2 is 2.10 bits per heavy atom. The summed E-state index contributed by atoms with van der Waals surface area (Å²) in [6.45, 7) is 0.280. The normalized spacial score (nSPS) is 11.7. The zero-order valence-electron chi connectivity index (χ0n) is 11.5. The van der Waals surface area contributed by atoms with Gasteiger partial charge in [0.15, 0.2) is 0 Å². The lowest BCUT2D eigenvalue weighted by molar-refractivity contribution is -0.122. The molecule has 6 nitrogen and oxygen atoms in total. The van der Waals surface area contributed by atoms with Gasteiger partial charge in [0.05, 0.1) is 6.04 Å². The van der Waals surface area contributed by atoms with Gasteiger partial charge in [0.25, 0.3) is 0 Å². The van der Waals surface area contributed by atoms with Crippen LogP contribution in [-0.4, -0.2) is 41.4 Å². The lowest BCUT2D eigenvalue weighted by atomic mass is 10.2. The van der Waals surface area contributed by atoms with E-state index in [0.717, 1.165) is 5.75 Å². The fourth-order valence-corrected chi connectivity index (χ4v) is 1.95. The Labute approximate surface area is 122 Å². The van der Waals surface area contributed by atoms with E-state index in [-0.39, 0.29) is 24.8 Å². The molecule has 1 aromatic rings. The summed E-state index contributed by atoms with van der Waals surface area (Å²) >= 11 is 1.65. The molecule has 4 N–H and O–H groups in total. The first-order valence-electron chi connectivity index (χ1n) is 6.35. The van der Waals surface area contributed by atoms with Crippen LogP contribution in [0.1, 0.15) is 12.8 Å². The zero-order chi connectivity index (χ0) is 14.8. The van der Waals surface area contributed by atoms with Crippen molar-refractivity contribution in [3.63, 3.8) is 0 Å². The number of carbonyl (C=O) groups is 2. The van der Waals surface area contributed by atoms with Gasteiger partial charge in [-0.1, -0.05) is 0 Å². The number of hydrogen-bond acceptors (Lipinski definition) is 5. The van der Waals surface area contributed by atoms with Gasteiger partial charge >= 0.3 is 0 Å². The molecule has 1 aromatic heterocycles. The van der Waals surface area contributed by atoms with E-state index in [4.69, 9.17) is 5.73 Å². The first-order valence-corrected chi connectivity index (χ1v) is 7.75. The first-order chi connectivity index (χ1) is 9.63. The summed E-state index contributed by atoms with van der Waals surface area (Å²) in [7, 11) is 0. The minimum absolute atomic E-state index is 0.158. The number of hydrogen-bond donors (Lipinski definition) is 3.